The van der Waals surface area contributed by atoms with Gasteiger partial charge in [0.25, 0.3) is 0 Å². The van der Waals surface area contributed by atoms with E-state index in [9.17, 15) is 0 Å². The van der Waals surface area contributed by atoms with Crippen molar-refractivity contribution >= 4 is 27.3 Å². The fourth-order valence-corrected chi connectivity index (χ4v) is 3.12. The lowest BCUT2D eigenvalue weighted by molar-refractivity contribution is 0.439. The van der Waals surface area contributed by atoms with Gasteiger partial charge in [0, 0.05) is 24.0 Å². The first-order valence-electron chi connectivity index (χ1n) is 5.16. The van der Waals surface area contributed by atoms with Crippen LogP contribution in [0.4, 0.5) is 0 Å². The van der Waals surface area contributed by atoms with Gasteiger partial charge in [0.2, 0.25) is 0 Å². The van der Waals surface area contributed by atoms with E-state index in [1.165, 1.54) is 0 Å². The highest BCUT2D eigenvalue weighted by Crippen LogP contribution is 2.29. The zero-order valence-corrected chi connectivity index (χ0v) is 11.2. The monoisotopic (exact) mass is 298 g/mol. The van der Waals surface area contributed by atoms with Crippen molar-refractivity contribution in [1.82, 2.24) is 20.1 Å². The van der Waals surface area contributed by atoms with Crippen molar-refractivity contribution in [3.05, 3.63) is 21.1 Å². The number of halogens is 1. The Morgan fingerprint density at radius 2 is 2.44 bits per heavy atom. The van der Waals surface area contributed by atoms with Crippen LogP contribution >= 0.6 is 27.3 Å². The maximum absolute atomic E-state index is 4.29. The van der Waals surface area contributed by atoms with Gasteiger partial charge in [-0.25, -0.2) is 0 Å². The van der Waals surface area contributed by atoms with Crippen LogP contribution in [0.15, 0.2) is 15.2 Å². The Morgan fingerprint density at radius 1 is 1.56 bits per heavy atom. The number of thiophene rings is 1. The van der Waals surface area contributed by atoms with Gasteiger partial charge in [-0.05, 0) is 28.9 Å². The summed E-state index contributed by atoms with van der Waals surface area (Å²) < 4.78 is 3.33. The molecule has 0 radical (unpaired) electrons. The number of fused-ring (bicyclic) bond motifs is 1. The summed E-state index contributed by atoms with van der Waals surface area (Å²) in [5.74, 6) is 2.01. The first-order valence-corrected chi connectivity index (χ1v) is 6.84. The predicted molar refractivity (Wildman–Crippen MR) is 67.5 cm³/mol. The van der Waals surface area contributed by atoms with E-state index in [0.29, 0.717) is 0 Å². The van der Waals surface area contributed by atoms with E-state index in [1.54, 1.807) is 11.3 Å². The number of hydrogen-bond acceptors (Lipinski definition) is 4. The Balaban J connectivity index is 2.09. The molecular formula is C10H11BrN4S. The minimum Gasteiger partial charge on any atom is -0.308 e. The van der Waals surface area contributed by atoms with Crippen LogP contribution in [0.2, 0.25) is 0 Å². The fourth-order valence-electron chi connectivity index (χ4n) is 1.98. The number of rotatable bonds is 1. The first kappa shape index (κ1) is 10.4. The van der Waals surface area contributed by atoms with Crippen LogP contribution < -0.4 is 5.32 Å². The molecule has 0 spiro atoms. The van der Waals surface area contributed by atoms with E-state index in [1.807, 2.05) is 0 Å². The molecule has 4 nitrogen and oxygen atoms in total. The Hall–Kier alpha value is -0.720. The molecule has 0 saturated carbocycles. The van der Waals surface area contributed by atoms with E-state index in [-0.39, 0.29) is 6.04 Å². The summed E-state index contributed by atoms with van der Waals surface area (Å²) >= 11 is 5.15. The van der Waals surface area contributed by atoms with Crippen LogP contribution in [-0.2, 0) is 6.54 Å². The molecule has 3 heterocycles. The summed E-state index contributed by atoms with van der Waals surface area (Å²) in [7, 11) is 0. The molecule has 2 aromatic rings. The molecule has 1 atom stereocenters. The lowest BCUT2D eigenvalue weighted by atomic mass is 10.2. The van der Waals surface area contributed by atoms with Crippen molar-refractivity contribution in [1.29, 1.82) is 0 Å². The zero-order valence-electron chi connectivity index (χ0n) is 8.77. The summed E-state index contributed by atoms with van der Waals surface area (Å²) in [6, 6.07) is 2.38. The lowest BCUT2D eigenvalue weighted by Gasteiger charge is -2.21. The molecule has 0 amide bonds. The SMILES string of the molecule is CC1NCCn2c(-c3csc(Br)c3)nnc21. The number of nitrogens with one attached hydrogen (secondary N) is 1. The molecule has 0 bridgehead atoms. The largest absolute Gasteiger partial charge is 0.308 e. The van der Waals surface area contributed by atoms with Crippen molar-refractivity contribution < 1.29 is 0 Å². The Kier molecular flexibility index (Phi) is 2.57. The van der Waals surface area contributed by atoms with Gasteiger partial charge >= 0.3 is 0 Å². The topological polar surface area (TPSA) is 42.7 Å². The smallest absolute Gasteiger partial charge is 0.164 e. The molecule has 1 N–H and O–H groups in total. The number of hydrogen-bond donors (Lipinski definition) is 1. The van der Waals surface area contributed by atoms with Crippen LogP contribution in [0.5, 0.6) is 0 Å². The highest BCUT2D eigenvalue weighted by atomic mass is 79.9. The van der Waals surface area contributed by atoms with Crippen LogP contribution in [0.25, 0.3) is 11.4 Å². The summed E-state index contributed by atoms with van der Waals surface area (Å²) in [4.78, 5) is 0. The molecule has 0 saturated heterocycles. The van der Waals surface area contributed by atoms with Crippen LogP contribution in [-0.4, -0.2) is 21.3 Å². The molecule has 3 rings (SSSR count). The summed E-state index contributed by atoms with van der Waals surface area (Å²) in [5.41, 5.74) is 1.14. The summed E-state index contributed by atoms with van der Waals surface area (Å²) in [5, 5.41) is 14.0. The van der Waals surface area contributed by atoms with Crippen LogP contribution in [0.1, 0.15) is 18.8 Å². The van der Waals surface area contributed by atoms with Gasteiger partial charge in [0.15, 0.2) is 5.82 Å². The first-order chi connectivity index (χ1) is 7.75. The van der Waals surface area contributed by atoms with E-state index >= 15 is 0 Å². The third-order valence-electron chi connectivity index (χ3n) is 2.78. The van der Waals surface area contributed by atoms with Crippen molar-refractivity contribution in [3.8, 4) is 11.4 Å². The number of nitrogens with zero attached hydrogens (tertiary/aromatic N) is 3. The molecular weight excluding hydrogens is 288 g/mol. The van der Waals surface area contributed by atoms with E-state index < -0.39 is 0 Å². The lowest BCUT2D eigenvalue weighted by Crippen LogP contribution is -2.32. The molecule has 1 aliphatic rings. The Bertz CT molecular complexity index is 519. The predicted octanol–water partition coefficient (Wildman–Crippen LogP) is 2.43. The average Bonchev–Trinajstić information content (AvgIpc) is 2.84. The quantitative estimate of drug-likeness (QED) is 0.879. The molecule has 84 valence electrons. The van der Waals surface area contributed by atoms with Crippen LogP contribution in [0, 0.1) is 0 Å². The fraction of sp³-hybridized carbons (Fsp3) is 0.400. The second-order valence-corrected chi connectivity index (χ2v) is 6.14. The third-order valence-corrected chi connectivity index (χ3v) is 4.28. The highest BCUT2D eigenvalue weighted by Gasteiger charge is 2.22. The van der Waals surface area contributed by atoms with Gasteiger partial charge in [0.05, 0.1) is 9.83 Å². The molecule has 6 heteroatoms. The highest BCUT2D eigenvalue weighted by molar-refractivity contribution is 9.11. The molecule has 2 aromatic heterocycles. The second-order valence-electron chi connectivity index (χ2n) is 3.85. The maximum atomic E-state index is 4.29. The van der Waals surface area contributed by atoms with Gasteiger partial charge in [-0.15, -0.1) is 21.5 Å². The summed E-state index contributed by atoms with van der Waals surface area (Å²) in [6.07, 6.45) is 0. The van der Waals surface area contributed by atoms with Gasteiger partial charge in [0.1, 0.15) is 5.82 Å². The van der Waals surface area contributed by atoms with E-state index in [0.717, 1.165) is 34.1 Å². The van der Waals surface area contributed by atoms with Crippen LogP contribution in [0.3, 0.4) is 0 Å². The van der Waals surface area contributed by atoms with Crippen molar-refractivity contribution in [2.45, 2.75) is 19.5 Å². The van der Waals surface area contributed by atoms with Gasteiger partial charge in [-0.1, -0.05) is 0 Å². The minimum atomic E-state index is 0.289. The molecule has 0 aromatic carbocycles. The normalized spacial score (nSPS) is 19.8. The van der Waals surface area contributed by atoms with Gasteiger partial charge in [-0.2, -0.15) is 0 Å². The molecule has 1 unspecified atom stereocenters. The maximum Gasteiger partial charge on any atom is 0.164 e. The van der Waals surface area contributed by atoms with E-state index in [2.05, 4.69) is 54.4 Å². The third kappa shape index (κ3) is 1.61. The summed E-state index contributed by atoms with van der Waals surface area (Å²) in [6.45, 7) is 4.03. The standard InChI is InChI=1S/C10H11BrN4S/c1-6-9-13-14-10(15(9)3-2-12-6)7-4-8(11)16-5-7/h4-6,12H,2-3H2,1H3. The van der Waals surface area contributed by atoms with Crippen molar-refractivity contribution in [3.63, 3.8) is 0 Å². The molecule has 1 aliphatic heterocycles. The number of aromatic nitrogens is 3. The Labute approximate surface area is 106 Å². The van der Waals surface area contributed by atoms with Gasteiger partial charge < -0.3 is 9.88 Å². The van der Waals surface area contributed by atoms with Gasteiger partial charge in [-0.3, -0.25) is 0 Å². The average molecular weight is 299 g/mol. The zero-order chi connectivity index (χ0) is 11.1. The molecule has 0 aliphatic carbocycles. The van der Waals surface area contributed by atoms with Crippen molar-refractivity contribution in [2.75, 3.05) is 6.54 Å². The van der Waals surface area contributed by atoms with Crippen molar-refractivity contribution in [2.24, 2.45) is 0 Å². The minimum absolute atomic E-state index is 0.289. The van der Waals surface area contributed by atoms with E-state index in [4.69, 9.17) is 0 Å². The molecule has 16 heavy (non-hydrogen) atoms. The Morgan fingerprint density at radius 3 is 3.19 bits per heavy atom. The molecule has 0 fully saturated rings. The second kappa shape index (κ2) is 3.94.